The van der Waals surface area contributed by atoms with E-state index in [1.807, 2.05) is 13.8 Å². The summed E-state index contributed by atoms with van der Waals surface area (Å²) >= 11 is 1.43. The fourth-order valence-corrected chi connectivity index (χ4v) is 6.06. The first-order chi connectivity index (χ1) is 13.7. The molecule has 0 spiro atoms. The molecule has 4 N–H and O–H groups in total. The number of rotatable bonds is 6. The Labute approximate surface area is 175 Å². The van der Waals surface area contributed by atoms with Gasteiger partial charge in [0.25, 0.3) is 5.91 Å². The molecule has 0 aromatic carbocycles. The smallest absolute Gasteiger partial charge is 0.307 e. The Balaban J connectivity index is 1.87. The van der Waals surface area contributed by atoms with Crippen molar-refractivity contribution in [1.29, 1.82) is 0 Å². The molecule has 158 valence electrons. The topological polar surface area (TPSA) is 109 Å². The lowest BCUT2D eigenvalue weighted by Crippen LogP contribution is -2.36. The van der Waals surface area contributed by atoms with E-state index in [-0.39, 0.29) is 5.91 Å². The molecule has 0 fully saturated rings. The maximum Gasteiger partial charge on any atom is 0.307 e. The van der Waals surface area contributed by atoms with Gasteiger partial charge in [-0.15, -0.1) is 11.3 Å². The van der Waals surface area contributed by atoms with E-state index in [2.05, 4.69) is 12.2 Å². The van der Waals surface area contributed by atoms with Crippen LogP contribution in [0.15, 0.2) is 11.1 Å². The molecule has 0 saturated heterocycles. The summed E-state index contributed by atoms with van der Waals surface area (Å²) in [5.41, 5.74) is 9.14. The number of amides is 2. The minimum atomic E-state index is -0.958. The van der Waals surface area contributed by atoms with E-state index in [9.17, 15) is 19.5 Å². The number of allylic oxidation sites excluding steroid dienone is 2. The van der Waals surface area contributed by atoms with Gasteiger partial charge in [0.2, 0.25) is 5.91 Å². The van der Waals surface area contributed by atoms with Gasteiger partial charge in [-0.2, -0.15) is 0 Å². The van der Waals surface area contributed by atoms with E-state index in [1.165, 1.54) is 11.3 Å². The number of aliphatic carboxylic acids is 1. The molecular formula is C22H30N2O4S. The molecule has 2 aliphatic carbocycles. The molecule has 29 heavy (non-hydrogen) atoms. The molecular weight excluding hydrogens is 388 g/mol. The lowest BCUT2D eigenvalue weighted by Gasteiger charge is -2.29. The molecule has 0 aliphatic heterocycles. The van der Waals surface area contributed by atoms with Gasteiger partial charge in [0.15, 0.2) is 0 Å². The number of hydrogen-bond donors (Lipinski definition) is 3. The molecule has 7 heteroatoms. The number of hydrogen-bond acceptors (Lipinski definition) is 4. The summed E-state index contributed by atoms with van der Waals surface area (Å²) < 4.78 is 0. The quantitative estimate of drug-likeness (QED) is 0.603. The monoisotopic (exact) mass is 418 g/mol. The van der Waals surface area contributed by atoms with Gasteiger partial charge in [0.1, 0.15) is 5.00 Å². The van der Waals surface area contributed by atoms with Crippen molar-refractivity contribution in [3.8, 4) is 0 Å². The number of anilines is 1. The Morgan fingerprint density at radius 2 is 1.79 bits per heavy atom. The van der Waals surface area contributed by atoms with Gasteiger partial charge in [0.05, 0.1) is 17.4 Å². The van der Waals surface area contributed by atoms with E-state index >= 15 is 0 Å². The van der Waals surface area contributed by atoms with E-state index in [0.29, 0.717) is 29.3 Å². The molecule has 0 unspecified atom stereocenters. The van der Waals surface area contributed by atoms with Gasteiger partial charge < -0.3 is 16.2 Å². The normalized spacial score (nSPS) is 24.2. The van der Waals surface area contributed by atoms with Crippen molar-refractivity contribution >= 4 is 34.1 Å². The van der Waals surface area contributed by atoms with Crippen LogP contribution in [0.3, 0.4) is 0 Å². The molecule has 3 atom stereocenters. The van der Waals surface area contributed by atoms with Crippen LogP contribution >= 0.6 is 11.3 Å². The number of carboxylic acid groups (broad SMARTS) is 1. The van der Waals surface area contributed by atoms with Crippen LogP contribution in [0.5, 0.6) is 0 Å². The highest BCUT2D eigenvalue weighted by Gasteiger charge is 2.38. The first-order valence-corrected chi connectivity index (χ1v) is 11.2. The molecule has 2 amide bonds. The highest BCUT2D eigenvalue weighted by molar-refractivity contribution is 7.17. The summed E-state index contributed by atoms with van der Waals surface area (Å²) in [6, 6.07) is 0. The summed E-state index contributed by atoms with van der Waals surface area (Å²) in [7, 11) is 0. The maximum absolute atomic E-state index is 13.0. The fourth-order valence-electron chi connectivity index (χ4n) is 4.69. The van der Waals surface area contributed by atoms with Crippen molar-refractivity contribution in [3.05, 3.63) is 27.2 Å². The number of carboxylic acids is 1. The highest BCUT2D eigenvalue weighted by atomic mass is 32.1. The summed E-state index contributed by atoms with van der Waals surface area (Å²) in [4.78, 5) is 38.1. The molecule has 6 nitrogen and oxygen atoms in total. The van der Waals surface area contributed by atoms with Gasteiger partial charge in [-0.05, 0) is 57.4 Å². The minimum Gasteiger partial charge on any atom is -0.481 e. The second-order valence-corrected chi connectivity index (χ2v) is 9.58. The van der Waals surface area contributed by atoms with Crippen LogP contribution in [-0.2, 0) is 22.4 Å². The molecule has 1 aromatic heterocycles. The number of fused-ring (bicyclic) bond motifs is 1. The average Bonchev–Trinajstić information content (AvgIpc) is 3.00. The predicted molar refractivity (Wildman–Crippen MR) is 114 cm³/mol. The fraction of sp³-hybridized carbons (Fsp3) is 0.591. The van der Waals surface area contributed by atoms with Crippen molar-refractivity contribution in [3.63, 3.8) is 0 Å². The Morgan fingerprint density at radius 3 is 2.38 bits per heavy atom. The number of thiophene rings is 1. The minimum absolute atomic E-state index is 0.338. The van der Waals surface area contributed by atoms with E-state index < -0.39 is 23.7 Å². The Morgan fingerprint density at radius 1 is 1.14 bits per heavy atom. The number of nitrogens with one attached hydrogen (secondary N) is 1. The second-order valence-electron chi connectivity index (χ2n) is 8.48. The van der Waals surface area contributed by atoms with E-state index in [1.54, 1.807) is 0 Å². The van der Waals surface area contributed by atoms with E-state index in [4.69, 9.17) is 5.73 Å². The third-order valence-corrected chi connectivity index (χ3v) is 7.64. The second kappa shape index (κ2) is 8.69. The van der Waals surface area contributed by atoms with Crippen LogP contribution in [0.2, 0.25) is 0 Å². The Bertz CT molecular complexity index is 870. The van der Waals surface area contributed by atoms with Crippen molar-refractivity contribution in [1.82, 2.24) is 0 Å². The van der Waals surface area contributed by atoms with Crippen LogP contribution in [0, 0.1) is 17.8 Å². The van der Waals surface area contributed by atoms with Gasteiger partial charge in [-0.25, -0.2) is 0 Å². The third-order valence-electron chi connectivity index (χ3n) is 6.47. The predicted octanol–water partition coefficient (Wildman–Crippen LogP) is 4.14. The van der Waals surface area contributed by atoms with Gasteiger partial charge in [0, 0.05) is 4.88 Å². The zero-order valence-corrected chi connectivity index (χ0v) is 18.2. The summed E-state index contributed by atoms with van der Waals surface area (Å²) in [6.45, 7) is 6.04. The summed E-state index contributed by atoms with van der Waals surface area (Å²) in [5, 5.41) is 13.0. The largest absolute Gasteiger partial charge is 0.481 e. The molecule has 1 heterocycles. The number of nitrogens with two attached hydrogens (primary N) is 1. The maximum atomic E-state index is 13.0. The SMILES string of the molecule is CCC[C@@H]1CCc2c(sc(NC(=O)[C@@H]3CC(C)=C(C)C[C@H]3C(=O)O)c2C(N)=O)C1. The van der Waals surface area contributed by atoms with Crippen LogP contribution < -0.4 is 11.1 Å². The zero-order valence-electron chi connectivity index (χ0n) is 17.3. The molecule has 2 aliphatic rings. The van der Waals surface area contributed by atoms with Gasteiger partial charge in [-0.1, -0.05) is 30.9 Å². The Kier molecular flexibility index (Phi) is 6.46. The standard InChI is InChI=1S/C22H30N2O4S/c1-4-5-13-6-7-14-17(10-13)29-21(18(14)19(23)25)24-20(26)15-8-11(2)12(3)9-16(15)22(27)28/h13,15-16H,4-10H2,1-3H3,(H2,23,25)(H,24,26)(H,27,28)/t13-,15-,16-/m1/s1. The summed E-state index contributed by atoms with van der Waals surface area (Å²) in [6.07, 6.45) is 5.81. The first-order valence-electron chi connectivity index (χ1n) is 10.4. The average molecular weight is 419 g/mol. The molecule has 0 bridgehead atoms. The van der Waals surface area contributed by atoms with E-state index in [0.717, 1.165) is 53.7 Å². The Hall–Kier alpha value is -2.15. The number of primary amides is 1. The first kappa shape index (κ1) is 21.6. The summed E-state index contributed by atoms with van der Waals surface area (Å²) in [5.74, 6) is -2.63. The molecule has 0 radical (unpaired) electrons. The van der Waals surface area contributed by atoms with Crippen LogP contribution in [0.4, 0.5) is 5.00 Å². The number of carbonyl (C=O) groups excluding carboxylic acids is 2. The number of carbonyl (C=O) groups is 3. The highest BCUT2D eigenvalue weighted by Crippen LogP contribution is 2.42. The van der Waals surface area contributed by atoms with Crippen LogP contribution in [-0.4, -0.2) is 22.9 Å². The molecule has 0 saturated carbocycles. The van der Waals surface area contributed by atoms with Crippen LogP contribution in [0.25, 0.3) is 0 Å². The van der Waals surface area contributed by atoms with Crippen LogP contribution in [0.1, 0.15) is 73.7 Å². The lowest BCUT2D eigenvalue weighted by atomic mass is 9.76. The van der Waals surface area contributed by atoms with Crippen molar-refractivity contribution in [2.75, 3.05) is 5.32 Å². The molecule has 3 rings (SSSR count). The third kappa shape index (κ3) is 4.39. The lowest BCUT2D eigenvalue weighted by molar-refractivity contribution is -0.146. The van der Waals surface area contributed by atoms with Crippen molar-refractivity contribution < 1.29 is 19.5 Å². The zero-order chi connectivity index (χ0) is 21.3. The van der Waals surface area contributed by atoms with Crippen molar-refractivity contribution in [2.45, 2.75) is 65.7 Å². The van der Waals surface area contributed by atoms with Crippen molar-refractivity contribution in [2.24, 2.45) is 23.5 Å². The van der Waals surface area contributed by atoms with Gasteiger partial charge in [-0.3, -0.25) is 14.4 Å². The van der Waals surface area contributed by atoms with Gasteiger partial charge >= 0.3 is 5.97 Å². The molecule has 1 aromatic rings.